The van der Waals surface area contributed by atoms with E-state index < -0.39 is 0 Å². The summed E-state index contributed by atoms with van der Waals surface area (Å²) in [5.41, 5.74) is 7.63. The SMILES string of the molecule is CCC(N)Cc1ccc(N2CCCC2)c(F)c1. The van der Waals surface area contributed by atoms with Crippen LogP contribution < -0.4 is 10.6 Å². The van der Waals surface area contributed by atoms with Crippen molar-refractivity contribution in [2.24, 2.45) is 5.73 Å². The van der Waals surface area contributed by atoms with Crippen LogP contribution in [-0.2, 0) is 6.42 Å². The fourth-order valence-electron chi connectivity index (χ4n) is 2.34. The van der Waals surface area contributed by atoms with Crippen LogP contribution in [0.3, 0.4) is 0 Å². The molecule has 0 aromatic heterocycles. The predicted octanol–water partition coefficient (Wildman–Crippen LogP) is 2.71. The van der Waals surface area contributed by atoms with Crippen molar-refractivity contribution >= 4 is 5.69 Å². The molecule has 1 aromatic carbocycles. The summed E-state index contributed by atoms with van der Waals surface area (Å²) in [4.78, 5) is 2.12. The molecule has 1 unspecified atom stereocenters. The zero-order valence-corrected chi connectivity index (χ0v) is 10.5. The van der Waals surface area contributed by atoms with E-state index in [-0.39, 0.29) is 11.9 Å². The van der Waals surface area contributed by atoms with Crippen LogP contribution in [0.25, 0.3) is 0 Å². The van der Waals surface area contributed by atoms with Gasteiger partial charge in [0.25, 0.3) is 0 Å². The van der Waals surface area contributed by atoms with Gasteiger partial charge < -0.3 is 10.6 Å². The predicted molar refractivity (Wildman–Crippen MR) is 69.8 cm³/mol. The van der Waals surface area contributed by atoms with Crippen molar-refractivity contribution < 1.29 is 4.39 Å². The lowest BCUT2D eigenvalue weighted by atomic mass is 10.0. The van der Waals surface area contributed by atoms with Crippen molar-refractivity contribution in [3.63, 3.8) is 0 Å². The van der Waals surface area contributed by atoms with Gasteiger partial charge >= 0.3 is 0 Å². The Labute approximate surface area is 103 Å². The third kappa shape index (κ3) is 2.97. The molecule has 0 spiro atoms. The summed E-state index contributed by atoms with van der Waals surface area (Å²) < 4.78 is 14.0. The van der Waals surface area contributed by atoms with Crippen LogP contribution in [0.5, 0.6) is 0 Å². The normalized spacial score (nSPS) is 17.5. The molecule has 1 aromatic rings. The quantitative estimate of drug-likeness (QED) is 0.871. The zero-order chi connectivity index (χ0) is 12.3. The average Bonchev–Trinajstić information content (AvgIpc) is 2.82. The van der Waals surface area contributed by atoms with Gasteiger partial charge in [0.05, 0.1) is 5.69 Å². The van der Waals surface area contributed by atoms with E-state index in [0.717, 1.165) is 37.2 Å². The summed E-state index contributed by atoms with van der Waals surface area (Å²) in [5, 5.41) is 0. The fraction of sp³-hybridized carbons (Fsp3) is 0.571. The van der Waals surface area contributed by atoms with Crippen LogP contribution in [-0.4, -0.2) is 19.1 Å². The van der Waals surface area contributed by atoms with E-state index in [1.54, 1.807) is 6.07 Å². The molecule has 0 saturated carbocycles. The molecule has 1 heterocycles. The summed E-state index contributed by atoms with van der Waals surface area (Å²) in [7, 11) is 0. The van der Waals surface area contributed by atoms with Gasteiger partial charge in [-0.25, -0.2) is 4.39 Å². The highest BCUT2D eigenvalue weighted by molar-refractivity contribution is 5.49. The molecule has 2 nitrogen and oxygen atoms in total. The summed E-state index contributed by atoms with van der Waals surface area (Å²) in [6.07, 6.45) is 4.02. The Morgan fingerprint density at radius 2 is 2.06 bits per heavy atom. The Bertz CT molecular complexity index is 372. The number of hydrogen-bond donors (Lipinski definition) is 1. The Kier molecular flexibility index (Phi) is 4.00. The molecule has 94 valence electrons. The standard InChI is InChI=1S/C14H21FN2/c1-2-12(16)9-11-5-6-14(13(15)10-11)17-7-3-4-8-17/h5-6,10,12H,2-4,7-9,16H2,1H3. The molecule has 2 N–H and O–H groups in total. The topological polar surface area (TPSA) is 29.3 Å². The van der Waals surface area contributed by atoms with Crippen molar-refractivity contribution in [2.45, 2.75) is 38.6 Å². The maximum Gasteiger partial charge on any atom is 0.146 e. The second kappa shape index (κ2) is 5.50. The van der Waals surface area contributed by atoms with Crippen molar-refractivity contribution in [1.29, 1.82) is 0 Å². The van der Waals surface area contributed by atoms with Gasteiger partial charge in [-0.1, -0.05) is 13.0 Å². The van der Waals surface area contributed by atoms with E-state index in [9.17, 15) is 4.39 Å². The minimum atomic E-state index is -0.104. The molecular weight excluding hydrogens is 215 g/mol. The van der Waals surface area contributed by atoms with E-state index in [1.807, 2.05) is 12.1 Å². The first-order valence-electron chi connectivity index (χ1n) is 6.49. The van der Waals surface area contributed by atoms with Crippen LogP contribution in [0.4, 0.5) is 10.1 Å². The van der Waals surface area contributed by atoms with Gasteiger partial charge in [-0.2, -0.15) is 0 Å². The van der Waals surface area contributed by atoms with Gasteiger partial charge in [-0.15, -0.1) is 0 Å². The number of nitrogens with zero attached hydrogens (tertiary/aromatic N) is 1. The number of benzene rings is 1. The molecule has 0 radical (unpaired) electrons. The van der Waals surface area contributed by atoms with Crippen molar-refractivity contribution in [2.75, 3.05) is 18.0 Å². The Morgan fingerprint density at radius 3 is 2.65 bits per heavy atom. The van der Waals surface area contributed by atoms with Gasteiger partial charge in [0.1, 0.15) is 5.82 Å². The van der Waals surface area contributed by atoms with Gasteiger partial charge in [-0.3, -0.25) is 0 Å². The zero-order valence-electron chi connectivity index (χ0n) is 10.5. The van der Waals surface area contributed by atoms with Crippen LogP contribution in [0, 0.1) is 5.82 Å². The van der Waals surface area contributed by atoms with E-state index in [1.165, 1.54) is 12.8 Å². The first-order valence-corrected chi connectivity index (χ1v) is 6.49. The van der Waals surface area contributed by atoms with Crippen molar-refractivity contribution in [3.05, 3.63) is 29.6 Å². The molecular formula is C14H21FN2. The highest BCUT2D eigenvalue weighted by Gasteiger charge is 2.16. The first-order chi connectivity index (χ1) is 8.20. The molecule has 0 aliphatic carbocycles. The smallest absolute Gasteiger partial charge is 0.146 e. The van der Waals surface area contributed by atoms with E-state index in [2.05, 4.69) is 11.8 Å². The molecule has 1 atom stereocenters. The lowest BCUT2D eigenvalue weighted by Crippen LogP contribution is -2.22. The maximum atomic E-state index is 14.0. The number of nitrogens with two attached hydrogens (primary N) is 1. The number of rotatable bonds is 4. The second-order valence-electron chi connectivity index (χ2n) is 4.85. The largest absolute Gasteiger partial charge is 0.369 e. The minimum absolute atomic E-state index is 0.104. The van der Waals surface area contributed by atoms with Gasteiger partial charge in [0.15, 0.2) is 0 Å². The second-order valence-corrected chi connectivity index (χ2v) is 4.85. The lowest BCUT2D eigenvalue weighted by molar-refractivity contribution is 0.611. The Balaban J connectivity index is 2.10. The minimum Gasteiger partial charge on any atom is -0.369 e. The highest BCUT2D eigenvalue weighted by atomic mass is 19.1. The molecule has 1 aliphatic heterocycles. The van der Waals surface area contributed by atoms with Crippen molar-refractivity contribution in [3.8, 4) is 0 Å². The van der Waals surface area contributed by atoms with Crippen molar-refractivity contribution in [1.82, 2.24) is 0 Å². The third-order valence-corrected chi connectivity index (χ3v) is 3.48. The summed E-state index contributed by atoms with van der Waals surface area (Å²) in [6.45, 7) is 4.01. The highest BCUT2D eigenvalue weighted by Crippen LogP contribution is 2.24. The van der Waals surface area contributed by atoms with E-state index in [0.29, 0.717) is 0 Å². The third-order valence-electron chi connectivity index (χ3n) is 3.48. The molecule has 17 heavy (non-hydrogen) atoms. The summed E-state index contributed by atoms with van der Waals surface area (Å²) in [5.74, 6) is -0.104. The molecule has 0 bridgehead atoms. The van der Waals surface area contributed by atoms with Crippen LogP contribution in [0.2, 0.25) is 0 Å². The monoisotopic (exact) mass is 236 g/mol. The molecule has 1 saturated heterocycles. The van der Waals surface area contributed by atoms with Crippen LogP contribution >= 0.6 is 0 Å². The molecule has 0 amide bonds. The molecule has 1 aliphatic rings. The van der Waals surface area contributed by atoms with Gasteiger partial charge in [-0.05, 0) is 43.4 Å². The van der Waals surface area contributed by atoms with E-state index in [4.69, 9.17) is 5.73 Å². The van der Waals surface area contributed by atoms with Crippen LogP contribution in [0.15, 0.2) is 18.2 Å². The Hall–Kier alpha value is -1.09. The van der Waals surface area contributed by atoms with Gasteiger partial charge in [0.2, 0.25) is 0 Å². The first kappa shape index (κ1) is 12.4. The molecule has 1 fully saturated rings. The number of hydrogen-bond acceptors (Lipinski definition) is 2. The Morgan fingerprint density at radius 1 is 1.35 bits per heavy atom. The van der Waals surface area contributed by atoms with Gasteiger partial charge in [0, 0.05) is 19.1 Å². The lowest BCUT2D eigenvalue weighted by Gasteiger charge is -2.19. The number of anilines is 1. The fourth-order valence-corrected chi connectivity index (χ4v) is 2.34. The summed E-state index contributed by atoms with van der Waals surface area (Å²) in [6, 6.07) is 5.68. The average molecular weight is 236 g/mol. The van der Waals surface area contributed by atoms with E-state index >= 15 is 0 Å². The summed E-state index contributed by atoms with van der Waals surface area (Å²) >= 11 is 0. The number of halogens is 1. The molecule has 2 rings (SSSR count). The molecule has 3 heteroatoms. The maximum absolute atomic E-state index is 14.0. The van der Waals surface area contributed by atoms with Crippen LogP contribution in [0.1, 0.15) is 31.7 Å².